The second kappa shape index (κ2) is 4.00. The first-order valence-corrected chi connectivity index (χ1v) is 5.80. The maximum Gasteiger partial charge on any atom is 0.120 e. The highest BCUT2D eigenvalue weighted by molar-refractivity contribution is 8.77. The third-order valence-corrected chi connectivity index (χ3v) is 4.48. The number of hydrogen-bond acceptors (Lipinski definition) is 5. The van der Waals surface area contributed by atoms with Gasteiger partial charge in [-0.2, -0.15) is 0 Å². The van der Waals surface area contributed by atoms with Crippen molar-refractivity contribution < 1.29 is 0 Å². The first-order chi connectivity index (χ1) is 5.11. The highest BCUT2D eigenvalue weighted by atomic mass is 33.1. The van der Waals surface area contributed by atoms with Crippen molar-refractivity contribution in [3.8, 4) is 0 Å². The molecule has 1 aliphatic rings. The average molecular weight is 193 g/mol. The van der Waals surface area contributed by atoms with E-state index in [2.05, 4.69) is 43.3 Å². The molecule has 0 saturated carbocycles. The molecule has 5 heteroatoms. The van der Waals surface area contributed by atoms with Gasteiger partial charge in [0.1, 0.15) is 11.0 Å². The SMILES string of the molecule is CN(C)C1NC(N(C)C)SS1. The molecule has 1 saturated heterocycles. The highest BCUT2D eigenvalue weighted by Gasteiger charge is 2.27. The molecule has 11 heavy (non-hydrogen) atoms. The summed E-state index contributed by atoms with van der Waals surface area (Å²) in [5, 5.41) is 3.47. The van der Waals surface area contributed by atoms with Gasteiger partial charge in [-0.3, -0.25) is 15.1 Å². The van der Waals surface area contributed by atoms with E-state index in [1.165, 1.54) is 0 Å². The van der Waals surface area contributed by atoms with E-state index in [4.69, 9.17) is 0 Å². The molecule has 1 aliphatic heterocycles. The molecule has 1 N–H and O–H groups in total. The Bertz CT molecular complexity index is 115. The van der Waals surface area contributed by atoms with Gasteiger partial charge in [0.05, 0.1) is 0 Å². The summed E-state index contributed by atoms with van der Waals surface area (Å²) >= 11 is 0. The quantitative estimate of drug-likeness (QED) is 0.648. The van der Waals surface area contributed by atoms with Gasteiger partial charge in [-0.05, 0) is 28.2 Å². The van der Waals surface area contributed by atoms with Crippen LogP contribution in [0, 0.1) is 0 Å². The molecule has 0 aromatic heterocycles. The molecule has 1 fully saturated rings. The Hall–Kier alpha value is 0.580. The second-order valence-electron chi connectivity index (χ2n) is 2.99. The van der Waals surface area contributed by atoms with Crippen LogP contribution in [-0.4, -0.2) is 49.0 Å². The van der Waals surface area contributed by atoms with Gasteiger partial charge < -0.3 is 0 Å². The summed E-state index contributed by atoms with van der Waals surface area (Å²) in [5.74, 6) is 0. The smallest absolute Gasteiger partial charge is 0.120 e. The summed E-state index contributed by atoms with van der Waals surface area (Å²) in [6, 6.07) is 0. The Morgan fingerprint density at radius 2 is 1.27 bits per heavy atom. The Morgan fingerprint density at radius 1 is 0.909 bits per heavy atom. The van der Waals surface area contributed by atoms with E-state index in [-0.39, 0.29) is 0 Å². The fourth-order valence-electron chi connectivity index (χ4n) is 0.753. The summed E-state index contributed by atoms with van der Waals surface area (Å²) in [7, 11) is 12.1. The van der Waals surface area contributed by atoms with Gasteiger partial charge in [0.15, 0.2) is 0 Å². The lowest BCUT2D eigenvalue weighted by atomic mass is 10.8. The Morgan fingerprint density at radius 3 is 1.45 bits per heavy atom. The van der Waals surface area contributed by atoms with Crippen molar-refractivity contribution in [2.45, 2.75) is 11.0 Å². The van der Waals surface area contributed by atoms with Crippen molar-refractivity contribution in [3.05, 3.63) is 0 Å². The molecule has 2 atom stereocenters. The standard InChI is InChI=1S/C6H15N3S2/c1-8(2)5-7-6(9(3)4)11-10-5/h5-7H,1-4H3. The Balaban J connectivity index is 2.35. The molecule has 1 rings (SSSR count). The zero-order chi connectivity index (χ0) is 8.43. The topological polar surface area (TPSA) is 18.5 Å². The van der Waals surface area contributed by atoms with Crippen molar-refractivity contribution in [3.63, 3.8) is 0 Å². The van der Waals surface area contributed by atoms with Gasteiger partial charge in [-0.25, -0.2) is 0 Å². The normalized spacial score (nSPS) is 32.2. The van der Waals surface area contributed by atoms with Crippen molar-refractivity contribution in [2.24, 2.45) is 0 Å². The fraction of sp³-hybridized carbons (Fsp3) is 1.00. The van der Waals surface area contributed by atoms with Crippen molar-refractivity contribution in [1.29, 1.82) is 0 Å². The Kier molecular flexibility index (Phi) is 3.52. The fourth-order valence-corrected chi connectivity index (χ4v) is 3.76. The zero-order valence-corrected chi connectivity index (χ0v) is 9.00. The first kappa shape index (κ1) is 9.67. The van der Waals surface area contributed by atoms with Crippen LogP contribution in [-0.2, 0) is 0 Å². The minimum absolute atomic E-state index is 0.451. The van der Waals surface area contributed by atoms with E-state index < -0.39 is 0 Å². The van der Waals surface area contributed by atoms with Crippen LogP contribution in [0.3, 0.4) is 0 Å². The number of nitrogens with zero attached hydrogens (tertiary/aromatic N) is 2. The van der Waals surface area contributed by atoms with Crippen LogP contribution in [0.25, 0.3) is 0 Å². The highest BCUT2D eigenvalue weighted by Crippen LogP contribution is 2.37. The third-order valence-electron chi connectivity index (χ3n) is 1.46. The summed E-state index contributed by atoms with van der Waals surface area (Å²) in [6.07, 6.45) is 0. The molecule has 0 spiro atoms. The molecule has 66 valence electrons. The van der Waals surface area contributed by atoms with Crippen LogP contribution in [0.15, 0.2) is 0 Å². The van der Waals surface area contributed by atoms with E-state index in [0.29, 0.717) is 11.0 Å². The molecule has 3 nitrogen and oxygen atoms in total. The predicted octanol–water partition coefficient (Wildman–Crippen LogP) is 0.661. The van der Waals surface area contributed by atoms with Gasteiger partial charge in [0.25, 0.3) is 0 Å². The van der Waals surface area contributed by atoms with Crippen LogP contribution in [0.2, 0.25) is 0 Å². The zero-order valence-electron chi connectivity index (χ0n) is 7.37. The molecule has 2 unspecified atom stereocenters. The summed E-state index contributed by atoms with van der Waals surface area (Å²) in [5.41, 5.74) is 0.903. The lowest BCUT2D eigenvalue weighted by molar-refractivity contribution is 0.266. The van der Waals surface area contributed by atoms with Gasteiger partial charge in [0, 0.05) is 0 Å². The van der Waals surface area contributed by atoms with Gasteiger partial charge in [-0.15, -0.1) is 0 Å². The van der Waals surface area contributed by atoms with E-state index in [0.717, 1.165) is 0 Å². The molecule has 0 bridgehead atoms. The minimum atomic E-state index is 0.451. The lowest BCUT2D eigenvalue weighted by Gasteiger charge is -2.21. The molecule has 0 radical (unpaired) electrons. The van der Waals surface area contributed by atoms with Crippen molar-refractivity contribution >= 4 is 21.6 Å². The van der Waals surface area contributed by atoms with E-state index in [1.54, 1.807) is 0 Å². The number of hydrogen-bond donors (Lipinski definition) is 1. The monoisotopic (exact) mass is 193 g/mol. The molecular weight excluding hydrogens is 178 g/mol. The second-order valence-corrected chi connectivity index (χ2v) is 5.42. The van der Waals surface area contributed by atoms with Gasteiger partial charge in [-0.1, -0.05) is 21.6 Å². The predicted molar refractivity (Wildman–Crippen MR) is 53.3 cm³/mol. The maximum absolute atomic E-state index is 3.47. The third kappa shape index (κ3) is 2.52. The maximum atomic E-state index is 3.47. The summed E-state index contributed by atoms with van der Waals surface area (Å²) in [6.45, 7) is 0. The summed E-state index contributed by atoms with van der Waals surface area (Å²) in [4.78, 5) is 4.36. The molecular formula is C6H15N3S2. The number of nitrogens with one attached hydrogen (secondary N) is 1. The van der Waals surface area contributed by atoms with Gasteiger partial charge >= 0.3 is 0 Å². The van der Waals surface area contributed by atoms with Crippen LogP contribution in [0.1, 0.15) is 0 Å². The molecule has 0 aromatic rings. The average Bonchev–Trinajstić information content (AvgIpc) is 2.33. The van der Waals surface area contributed by atoms with Gasteiger partial charge in [0.2, 0.25) is 0 Å². The van der Waals surface area contributed by atoms with Crippen LogP contribution >= 0.6 is 21.6 Å². The molecule has 0 amide bonds. The van der Waals surface area contributed by atoms with E-state index in [9.17, 15) is 0 Å². The molecule has 1 heterocycles. The summed E-state index contributed by atoms with van der Waals surface area (Å²) < 4.78 is 0. The van der Waals surface area contributed by atoms with E-state index in [1.807, 2.05) is 21.6 Å². The first-order valence-electron chi connectivity index (χ1n) is 3.52. The van der Waals surface area contributed by atoms with Crippen LogP contribution in [0.5, 0.6) is 0 Å². The number of rotatable bonds is 2. The Labute approximate surface area is 76.3 Å². The lowest BCUT2D eigenvalue weighted by Crippen LogP contribution is -2.43. The van der Waals surface area contributed by atoms with Crippen molar-refractivity contribution in [2.75, 3.05) is 28.2 Å². The van der Waals surface area contributed by atoms with Crippen LogP contribution < -0.4 is 5.32 Å². The molecule has 0 aromatic carbocycles. The van der Waals surface area contributed by atoms with Crippen molar-refractivity contribution in [1.82, 2.24) is 15.1 Å². The minimum Gasteiger partial charge on any atom is -0.285 e. The largest absolute Gasteiger partial charge is 0.285 e. The molecule has 0 aliphatic carbocycles. The van der Waals surface area contributed by atoms with E-state index >= 15 is 0 Å². The van der Waals surface area contributed by atoms with Crippen LogP contribution in [0.4, 0.5) is 0 Å².